The van der Waals surface area contributed by atoms with Gasteiger partial charge in [0.25, 0.3) is 0 Å². The van der Waals surface area contributed by atoms with Crippen LogP contribution in [0.4, 0.5) is 5.69 Å². The van der Waals surface area contributed by atoms with Gasteiger partial charge in [0, 0.05) is 43.7 Å². The first-order valence-electron chi connectivity index (χ1n) is 6.30. The predicted octanol–water partition coefficient (Wildman–Crippen LogP) is 1.22. The van der Waals surface area contributed by atoms with Crippen molar-refractivity contribution in [3.05, 3.63) is 29.8 Å². The summed E-state index contributed by atoms with van der Waals surface area (Å²) in [5, 5.41) is 3.35. The summed E-state index contributed by atoms with van der Waals surface area (Å²) < 4.78 is 0. The maximum Gasteiger partial charge on any atom is 0.145 e. The molecule has 3 rings (SSSR count). The van der Waals surface area contributed by atoms with Crippen molar-refractivity contribution in [1.29, 1.82) is 0 Å². The van der Waals surface area contributed by atoms with Gasteiger partial charge in [-0.25, -0.2) is 0 Å². The van der Waals surface area contributed by atoms with Gasteiger partial charge in [0.05, 0.1) is 0 Å². The minimum Gasteiger partial charge on any atom is -0.370 e. The number of hydrogen-bond donors (Lipinski definition) is 1. The Kier molecular flexibility index (Phi) is 2.63. The van der Waals surface area contributed by atoms with Crippen molar-refractivity contribution in [2.24, 2.45) is 11.8 Å². The van der Waals surface area contributed by atoms with E-state index in [9.17, 15) is 4.79 Å². The first kappa shape index (κ1) is 10.8. The lowest BCUT2D eigenvalue weighted by Crippen LogP contribution is -2.57. The minimum absolute atomic E-state index is 0.184. The van der Waals surface area contributed by atoms with Crippen LogP contribution < -0.4 is 10.2 Å². The van der Waals surface area contributed by atoms with E-state index in [0.29, 0.717) is 5.78 Å². The molecule has 0 radical (unpaired) electrons. The monoisotopic (exact) mass is 230 g/mol. The van der Waals surface area contributed by atoms with Gasteiger partial charge in [0.2, 0.25) is 0 Å². The Morgan fingerprint density at radius 3 is 2.29 bits per heavy atom. The number of nitrogens with zero attached hydrogens (tertiary/aromatic N) is 1. The van der Waals surface area contributed by atoms with Crippen molar-refractivity contribution in [3.8, 4) is 0 Å². The number of benzene rings is 1. The zero-order chi connectivity index (χ0) is 11.8. The number of carbonyl (C=O) groups excluding carboxylic acids is 1. The number of nitrogens with one attached hydrogen (secondary N) is 1. The van der Waals surface area contributed by atoms with Gasteiger partial charge in [-0.15, -0.1) is 0 Å². The molecule has 90 valence electrons. The van der Waals surface area contributed by atoms with Gasteiger partial charge in [-0.05, 0) is 19.1 Å². The zero-order valence-corrected chi connectivity index (χ0v) is 10.1. The lowest BCUT2D eigenvalue weighted by molar-refractivity contribution is -0.129. The molecule has 2 saturated heterocycles. The summed E-state index contributed by atoms with van der Waals surface area (Å²) in [4.78, 5) is 14.3. The summed E-state index contributed by atoms with van der Waals surface area (Å²) in [6.07, 6.45) is 0. The molecule has 1 aromatic rings. The van der Waals surface area contributed by atoms with E-state index >= 15 is 0 Å². The highest BCUT2D eigenvalue weighted by atomic mass is 16.1. The van der Waals surface area contributed by atoms with Crippen LogP contribution in [-0.4, -0.2) is 32.0 Å². The molecule has 0 aromatic heterocycles. The van der Waals surface area contributed by atoms with E-state index in [4.69, 9.17) is 0 Å². The molecule has 2 fully saturated rings. The Labute approximate surface area is 102 Å². The van der Waals surface area contributed by atoms with E-state index in [2.05, 4.69) is 41.4 Å². The number of Topliss-reactive ketones (excluding diaryl/α,β-unsaturated/α-hetero) is 1. The van der Waals surface area contributed by atoms with Crippen molar-refractivity contribution in [3.63, 3.8) is 0 Å². The van der Waals surface area contributed by atoms with E-state index < -0.39 is 0 Å². The van der Waals surface area contributed by atoms with Crippen molar-refractivity contribution in [2.75, 3.05) is 31.1 Å². The molecule has 1 N–H and O–H groups in total. The van der Waals surface area contributed by atoms with Crippen LogP contribution in [0.3, 0.4) is 0 Å². The standard InChI is InChI=1S/C14H18N2O/c1-10-2-4-13(5-3-10)16-8-11-6-15-7-12(9-16)14(11)17/h2-5,11-12,15H,6-9H2,1H3. The summed E-state index contributed by atoms with van der Waals surface area (Å²) in [7, 11) is 0. The highest BCUT2D eigenvalue weighted by Crippen LogP contribution is 2.26. The molecule has 2 aliphatic rings. The second-order valence-electron chi connectivity index (χ2n) is 5.19. The molecule has 3 heteroatoms. The van der Waals surface area contributed by atoms with Gasteiger partial charge in [-0.3, -0.25) is 4.79 Å². The number of hydrogen-bond acceptors (Lipinski definition) is 3. The third-order valence-corrected chi connectivity index (χ3v) is 3.87. The van der Waals surface area contributed by atoms with E-state index in [1.807, 2.05) is 0 Å². The lowest BCUT2D eigenvalue weighted by Gasteiger charge is -2.41. The van der Waals surface area contributed by atoms with Crippen molar-refractivity contribution >= 4 is 11.5 Å². The lowest BCUT2D eigenvalue weighted by atomic mass is 9.84. The highest BCUT2D eigenvalue weighted by molar-refractivity contribution is 5.87. The minimum atomic E-state index is 0.184. The van der Waals surface area contributed by atoms with Gasteiger partial charge in [-0.1, -0.05) is 17.7 Å². The van der Waals surface area contributed by atoms with E-state index in [1.54, 1.807) is 0 Å². The van der Waals surface area contributed by atoms with E-state index in [0.717, 1.165) is 26.2 Å². The van der Waals surface area contributed by atoms with Gasteiger partial charge in [-0.2, -0.15) is 0 Å². The van der Waals surface area contributed by atoms with Crippen LogP contribution in [-0.2, 0) is 4.79 Å². The van der Waals surface area contributed by atoms with E-state index in [-0.39, 0.29) is 11.8 Å². The van der Waals surface area contributed by atoms with E-state index in [1.165, 1.54) is 11.3 Å². The molecule has 3 nitrogen and oxygen atoms in total. The van der Waals surface area contributed by atoms with Crippen LogP contribution in [0.25, 0.3) is 0 Å². The maximum absolute atomic E-state index is 12.0. The Morgan fingerprint density at radius 2 is 1.71 bits per heavy atom. The second kappa shape index (κ2) is 4.15. The second-order valence-corrected chi connectivity index (χ2v) is 5.19. The number of aryl methyl sites for hydroxylation is 1. The number of piperidine rings is 2. The molecule has 17 heavy (non-hydrogen) atoms. The molecule has 0 spiro atoms. The van der Waals surface area contributed by atoms with Gasteiger partial charge >= 0.3 is 0 Å². The largest absolute Gasteiger partial charge is 0.370 e. The third kappa shape index (κ3) is 1.95. The Balaban J connectivity index is 1.82. The van der Waals surface area contributed by atoms with Crippen molar-refractivity contribution in [2.45, 2.75) is 6.92 Å². The average molecular weight is 230 g/mol. The summed E-state index contributed by atoms with van der Waals surface area (Å²) in [5.41, 5.74) is 2.53. The Bertz CT molecular complexity index is 410. The van der Waals surface area contributed by atoms with Crippen LogP contribution in [0, 0.1) is 18.8 Å². The molecular weight excluding hydrogens is 212 g/mol. The van der Waals surface area contributed by atoms with Crippen molar-refractivity contribution in [1.82, 2.24) is 5.32 Å². The molecule has 0 saturated carbocycles. The van der Waals surface area contributed by atoms with Crippen LogP contribution in [0.2, 0.25) is 0 Å². The SMILES string of the molecule is Cc1ccc(N2CC3CNCC(C2)C3=O)cc1. The molecule has 2 atom stereocenters. The highest BCUT2D eigenvalue weighted by Gasteiger charge is 2.37. The van der Waals surface area contributed by atoms with Crippen LogP contribution in [0.1, 0.15) is 5.56 Å². The number of rotatable bonds is 1. The molecule has 2 unspecified atom stereocenters. The topological polar surface area (TPSA) is 32.3 Å². The van der Waals surface area contributed by atoms with Crippen LogP contribution >= 0.6 is 0 Å². The van der Waals surface area contributed by atoms with Crippen LogP contribution in [0.15, 0.2) is 24.3 Å². The number of anilines is 1. The fraction of sp³-hybridized carbons (Fsp3) is 0.500. The summed E-state index contributed by atoms with van der Waals surface area (Å²) in [6.45, 7) is 5.52. The third-order valence-electron chi connectivity index (χ3n) is 3.87. The fourth-order valence-corrected chi connectivity index (χ4v) is 2.85. The predicted molar refractivity (Wildman–Crippen MR) is 68.2 cm³/mol. The van der Waals surface area contributed by atoms with Gasteiger partial charge < -0.3 is 10.2 Å². The van der Waals surface area contributed by atoms with Gasteiger partial charge in [0.15, 0.2) is 0 Å². The first-order valence-corrected chi connectivity index (χ1v) is 6.30. The van der Waals surface area contributed by atoms with Crippen LogP contribution in [0.5, 0.6) is 0 Å². The Hall–Kier alpha value is -1.35. The molecule has 0 aliphatic carbocycles. The molecule has 0 amide bonds. The fourth-order valence-electron chi connectivity index (χ4n) is 2.85. The first-order chi connectivity index (χ1) is 8.24. The normalized spacial score (nSPS) is 28.3. The molecular formula is C14H18N2O. The van der Waals surface area contributed by atoms with Crippen molar-refractivity contribution < 1.29 is 4.79 Å². The summed E-state index contributed by atoms with van der Waals surface area (Å²) in [5.74, 6) is 0.833. The smallest absolute Gasteiger partial charge is 0.145 e. The summed E-state index contributed by atoms with van der Waals surface area (Å²) in [6, 6.07) is 8.60. The Morgan fingerprint density at radius 1 is 1.12 bits per heavy atom. The maximum atomic E-state index is 12.0. The molecule has 2 aliphatic heterocycles. The number of carbonyl (C=O) groups is 1. The summed E-state index contributed by atoms with van der Waals surface area (Å²) >= 11 is 0. The number of ketones is 1. The average Bonchev–Trinajstić information content (AvgIpc) is 2.30. The molecule has 1 aromatic carbocycles. The molecule has 2 heterocycles. The number of fused-ring (bicyclic) bond motifs is 2. The van der Waals surface area contributed by atoms with Gasteiger partial charge in [0.1, 0.15) is 5.78 Å². The molecule has 2 bridgehead atoms. The zero-order valence-electron chi connectivity index (χ0n) is 10.1. The quantitative estimate of drug-likeness (QED) is 0.787.